The zero-order valence-electron chi connectivity index (χ0n) is 17.6. The summed E-state index contributed by atoms with van der Waals surface area (Å²) >= 11 is 0. The number of aliphatic hydroxyl groups is 1. The second-order valence-corrected chi connectivity index (χ2v) is 8.92. The number of aromatic nitrogens is 2. The SMILES string of the molecule is CCCn1ccc(C(=O)N2[C@@H](CNC(C)=O)C[C@]3(C)[C@H]2CCCC[C@]3(C)O)n1. The van der Waals surface area contributed by atoms with Crippen LogP contribution in [0.5, 0.6) is 0 Å². The van der Waals surface area contributed by atoms with Gasteiger partial charge in [-0.1, -0.05) is 26.7 Å². The van der Waals surface area contributed by atoms with Crippen molar-refractivity contribution in [1.82, 2.24) is 20.0 Å². The first-order chi connectivity index (χ1) is 13.2. The zero-order chi connectivity index (χ0) is 20.5. The molecular formula is C21H34N4O3. The van der Waals surface area contributed by atoms with Gasteiger partial charge in [0.05, 0.1) is 11.6 Å². The van der Waals surface area contributed by atoms with Crippen LogP contribution >= 0.6 is 0 Å². The van der Waals surface area contributed by atoms with Crippen LogP contribution in [0.2, 0.25) is 0 Å². The van der Waals surface area contributed by atoms with Crippen molar-refractivity contribution in [2.24, 2.45) is 5.41 Å². The van der Waals surface area contributed by atoms with E-state index in [-0.39, 0.29) is 23.9 Å². The first-order valence-corrected chi connectivity index (χ1v) is 10.5. The van der Waals surface area contributed by atoms with Gasteiger partial charge in [-0.05, 0) is 38.7 Å². The van der Waals surface area contributed by atoms with Crippen molar-refractivity contribution in [3.05, 3.63) is 18.0 Å². The van der Waals surface area contributed by atoms with Crippen molar-refractivity contribution in [2.75, 3.05) is 6.54 Å². The summed E-state index contributed by atoms with van der Waals surface area (Å²) in [5.41, 5.74) is -0.817. The standard InChI is InChI=1S/C21H34N4O3/c1-5-11-24-12-9-17(23-24)19(27)25-16(14-22-15(2)26)13-20(3)18(25)8-6-7-10-21(20,4)28/h9,12,16,18,28H,5-8,10-11,13-14H2,1-4H3,(H,22,26)/t16-,18-,20-,21+/m1/s1. The molecule has 1 aliphatic carbocycles. The number of carbonyl (C=O) groups is 2. The Morgan fingerprint density at radius 1 is 1.36 bits per heavy atom. The van der Waals surface area contributed by atoms with Crippen LogP contribution in [-0.2, 0) is 11.3 Å². The summed E-state index contributed by atoms with van der Waals surface area (Å²) in [6.45, 7) is 8.75. The average Bonchev–Trinajstić information content (AvgIpc) is 3.17. The number of nitrogens with zero attached hydrogens (tertiary/aromatic N) is 3. The first-order valence-electron chi connectivity index (χ1n) is 10.5. The summed E-state index contributed by atoms with van der Waals surface area (Å²) in [4.78, 5) is 26.9. The number of nitrogens with one attached hydrogen (secondary N) is 1. The molecule has 0 aromatic carbocycles. The first kappa shape index (κ1) is 20.8. The van der Waals surface area contributed by atoms with Crippen molar-refractivity contribution in [3.8, 4) is 0 Å². The maximum Gasteiger partial charge on any atom is 0.274 e. The molecular weight excluding hydrogens is 356 g/mol. The van der Waals surface area contributed by atoms with E-state index in [0.717, 1.165) is 38.6 Å². The van der Waals surface area contributed by atoms with Crippen molar-refractivity contribution in [2.45, 2.75) is 90.4 Å². The van der Waals surface area contributed by atoms with E-state index >= 15 is 0 Å². The van der Waals surface area contributed by atoms with Crippen LogP contribution in [0.3, 0.4) is 0 Å². The molecule has 0 bridgehead atoms. The summed E-state index contributed by atoms with van der Waals surface area (Å²) in [6.07, 6.45) is 7.02. The number of hydrogen-bond donors (Lipinski definition) is 2. The number of carbonyl (C=O) groups excluding carboxylic acids is 2. The molecule has 7 nitrogen and oxygen atoms in total. The molecule has 156 valence electrons. The van der Waals surface area contributed by atoms with E-state index in [1.165, 1.54) is 6.92 Å². The number of aryl methyl sites for hydroxylation is 1. The van der Waals surface area contributed by atoms with Gasteiger partial charge in [-0.3, -0.25) is 14.3 Å². The van der Waals surface area contributed by atoms with E-state index in [4.69, 9.17) is 0 Å². The quantitative estimate of drug-likeness (QED) is 0.808. The van der Waals surface area contributed by atoms with Gasteiger partial charge in [-0.25, -0.2) is 0 Å². The fraction of sp³-hybridized carbons (Fsp3) is 0.762. The minimum Gasteiger partial charge on any atom is -0.390 e. The van der Waals surface area contributed by atoms with E-state index in [1.54, 1.807) is 10.7 Å². The van der Waals surface area contributed by atoms with Gasteiger partial charge in [0.1, 0.15) is 5.69 Å². The molecule has 4 atom stereocenters. The molecule has 0 unspecified atom stereocenters. The molecule has 7 heteroatoms. The van der Waals surface area contributed by atoms with Crippen LogP contribution in [0.1, 0.15) is 76.7 Å². The zero-order valence-corrected chi connectivity index (χ0v) is 17.6. The lowest BCUT2D eigenvalue weighted by Gasteiger charge is -2.43. The van der Waals surface area contributed by atoms with Gasteiger partial charge >= 0.3 is 0 Å². The fourth-order valence-corrected chi connectivity index (χ4v) is 5.12. The Morgan fingerprint density at radius 2 is 2.11 bits per heavy atom. The summed E-state index contributed by atoms with van der Waals surface area (Å²) in [5, 5.41) is 18.6. The van der Waals surface area contributed by atoms with Gasteiger partial charge in [0.15, 0.2) is 0 Å². The minimum absolute atomic E-state index is 0.0624. The Labute approximate surface area is 167 Å². The number of rotatable bonds is 5. The average molecular weight is 391 g/mol. The van der Waals surface area contributed by atoms with E-state index in [1.807, 2.05) is 18.0 Å². The second kappa shape index (κ2) is 7.85. The lowest BCUT2D eigenvalue weighted by atomic mass is 9.67. The molecule has 1 aromatic heterocycles. The van der Waals surface area contributed by atoms with Crippen molar-refractivity contribution in [3.63, 3.8) is 0 Å². The number of likely N-dealkylation sites (tertiary alicyclic amines) is 1. The molecule has 1 saturated heterocycles. The Hall–Kier alpha value is -1.89. The van der Waals surface area contributed by atoms with Crippen LogP contribution < -0.4 is 5.32 Å². The van der Waals surface area contributed by atoms with Gasteiger partial charge in [0.2, 0.25) is 5.91 Å². The van der Waals surface area contributed by atoms with Gasteiger partial charge in [-0.15, -0.1) is 0 Å². The molecule has 28 heavy (non-hydrogen) atoms. The highest BCUT2D eigenvalue weighted by molar-refractivity contribution is 5.93. The molecule has 2 heterocycles. The van der Waals surface area contributed by atoms with E-state index in [0.29, 0.717) is 18.7 Å². The van der Waals surface area contributed by atoms with E-state index < -0.39 is 11.0 Å². The monoisotopic (exact) mass is 390 g/mol. The van der Waals surface area contributed by atoms with Gasteiger partial charge in [0.25, 0.3) is 5.91 Å². The number of fused-ring (bicyclic) bond motifs is 1. The van der Waals surface area contributed by atoms with Crippen molar-refractivity contribution >= 4 is 11.8 Å². The van der Waals surface area contributed by atoms with Gasteiger partial charge in [-0.2, -0.15) is 5.10 Å². The predicted octanol–water partition coefficient (Wildman–Crippen LogP) is 2.34. The Morgan fingerprint density at radius 3 is 2.79 bits per heavy atom. The predicted molar refractivity (Wildman–Crippen MR) is 107 cm³/mol. The molecule has 1 aliphatic heterocycles. The Kier molecular flexibility index (Phi) is 5.84. The summed E-state index contributed by atoms with van der Waals surface area (Å²) in [7, 11) is 0. The maximum atomic E-state index is 13.5. The Bertz CT molecular complexity index is 729. The lowest BCUT2D eigenvalue weighted by Crippen LogP contribution is -2.52. The maximum absolute atomic E-state index is 13.5. The summed E-state index contributed by atoms with van der Waals surface area (Å²) < 4.78 is 1.80. The van der Waals surface area contributed by atoms with Crippen LogP contribution in [0.15, 0.2) is 12.3 Å². The number of hydrogen-bond acceptors (Lipinski definition) is 4. The second-order valence-electron chi connectivity index (χ2n) is 8.92. The normalized spacial score (nSPS) is 32.7. The minimum atomic E-state index is -0.848. The van der Waals surface area contributed by atoms with Gasteiger partial charge < -0.3 is 15.3 Å². The molecule has 1 saturated carbocycles. The highest BCUT2D eigenvalue weighted by atomic mass is 16.3. The summed E-state index contributed by atoms with van der Waals surface area (Å²) in [6, 6.07) is 1.57. The molecule has 2 fully saturated rings. The molecule has 1 aromatic rings. The van der Waals surface area contributed by atoms with E-state index in [2.05, 4.69) is 24.3 Å². The molecule has 3 rings (SSSR count). The highest BCUT2D eigenvalue weighted by Gasteiger charge is 2.59. The fourth-order valence-electron chi connectivity index (χ4n) is 5.12. The summed E-state index contributed by atoms with van der Waals surface area (Å²) in [5.74, 6) is -0.208. The third kappa shape index (κ3) is 3.69. The van der Waals surface area contributed by atoms with Crippen molar-refractivity contribution in [1.29, 1.82) is 0 Å². The van der Waals surface area contributed by atoms with Crippen LogP contribution in [0.25, 0.3) is 0 Å². The third-order valence-corrected chi connectivity index (χ3v) is 6.88. The number of amides is 2. The van der Waals surface area contributed by atoms with E-state index in [9.17, 15) is 14.7 Å². The van der Waals surface area contributed by atoms with Crippen LogP contribution in [0, 0.1) is 5.41 Å². The molecule has 2 N–H and O–H groups in total. The highest BCUT2D eigenvalue weighted by Crippen LogP contribution is 2.53. The molecule has 0 radical (unpaired) electrons. The Balaban J connectivity index is 1.95. The van der Waals surface area contributed by atoms with Gasteiger partial charge in [0, 0.05) is 37.7 Å². The van der Waals surface area contributed by atoms with Crippen LogP contribution in [-0.4, -0.2) is 55.8 Å². The lowest BCUT2D eigenvalue weighted by molar-refractivity contribution is -0.119. The van der Waals surface area contributed by atoms with Crippen LogP contribution in [0.4, 0.5) is 0 Å². The van der Waals surface area contributed by atoms with Crippen molar-refractivity contribution < 1.29 is 14.7 Å². The molecule has 2 amide bonds. The third-order valence-electron chi connectivity index (χ3n) is 6.88. The topological polar surface area (TPSA) is 87.5 Å². The molecule has 0 spiro atoms. The smallest absolute Gasteiger partial charge is 0.274 e. The molecule has 2 aliphatic rings. The largest absolute Gasteiger partial charge is 0.390 e.